The van der Waals surface area contributed by atoms with E-state index in [0.717, 1.165) is 28.1 Å². The first-order valence-corrected chi connectivity index (χ1v) is 9.71. The number of hydrogen-bond donors (Lipinski definition) is 2. The average molecular weight is 378 g/mol. The fourth-order valence-corrected chi connectivity index (χ4v) is 3.54. The number of nitrogens with one attached hydrogen (secondary N) is 2. The minimum absolute atomic E-state index is 0.160. The number of H-pyrrole nitrogens is 1. The van der Waals surface area contributed by atoms with E-state index in [2.05, 4.69) is 15.4 Å². The first-order valence-electron chi connectivity index (χ1n) is 8.77. The van der Waals surface area contributed by atoms with Gasteiger partial charge in [0.15, 0.2) is 11.2 Å². The first kappa shape index (κ1) is 17.2. The largest absolute Gasteiger partial charge is 0.353 e. The van der Waals surface area contributed by atoms with Gasteiger partial charge in [0.2, 0.25) is 5.52 Å². The van der Waals surface area contributed by atoms with E-state index in [1.807, 2.05) is 66.9 Å². The van der Waals surface area contributed by atoms with Crippen LogP contribution in [-0.4, -0.2) is 27.4 Å². The van der Waals surface area contributed by atoms with Crippen molar-refractivity contribution in [1.29, 1.82) is 0 Å². The number of carbonyl (C=O) groups excluding carboxylic acids is 1. The molecule has 0 aliphatic heterocycles. The maximum Gasteiger partial charge on any atom is 0.353 e. The van der Waals surface area contributed by atoms with Gasteiger partial charge in [-0.05, 0) is 24.6 Å². The van der Waals surface area contributed by atoms with E-state index in [9.17, 15) is 4.79 Å². The molecule has 2 amide bonds. The van der Waals surface area contributed by atoms with E-state index in [4.69, 9.17) is 0 Å². The third-order valence-electron chi connectivity index (χ3n) is 4.39. The number of benzene rings is 2. The highest BCUT2D eigenvalue weighted by Gasteiger charge is 2.25. The molecule has 27 heavy (non-hydrogen) atoms. The number of para-hydroxylation sites is 2. The van der Waals surface area contributed by atoms with Gasteiger partial charge in [-0.25, -0.2) is 14.8 Å². The number of hydrogen-bond acceptors (Lipinski definition) is 3. The van der Waals surface area contributed by atoms with Crippen LogP contribution in [0, 0.1) is 0 Å². The molecular formula is C20H20N5OS+. The zero-order valence-corrected chi connectivity index (χ0v) is 15.7. The molecule has 2 heterocycles. The molecule has 136 valence electrons. The Hall–Kier alpha value is -3.19. The molecule has 4 aromatic rings. The monoisotopic (exact) mass is 378 g/mol. The molecule has 7 heteroatoms. The summed E-state index contributed by atoms with van der Waals surface area (Å²) < 4.78 is 1.78. The molecular weight excluding hydrogens is 358 g/mol. The number of aromatic nitrogens is 3. The molecule has 4 rings (SSSR count). The standard InChI is InChI=1S/C20H19N5OS/c1-2-24(12-15-8-4-3-5-9-15)20(26)23-25-18-11-7-6-10-16(18)22-19(25)17-13-27-14-21-17/h3-11,13-14H,2,12H2,1H3,(H,23,26)/p+1. The number of rotatable bonds is 5. The summed E-state index contributed by atoms with van der Waals surface area (Å²) in [6.45, 7) is 3.14. The van der Waals surface area contributed by atoms with Crippen molar-refractivity contribution < 1.29 is 9.47 Å². The van der Waals surface area contributed by atoms with Crippen LogP contribution >= 0.6 is 11.3 Å². The molecule has 2 N–H and O–H groups in total. The number of amides is 2. The lowest BCUT2D eigenvalue weighted by Gasteiger charge is -2.20. The molecule has 0 aliphatic carbocycles. The number of nitrogens with zero attached hydrogens (tertiary/aromatic N) is 3. The van der Waals surface area contributed by atoms with Crippen LogP contribution in [0.4, 0.5) is 4.79 Å². The second-order valence-electron chi connectivity index (χ2n) is 6.12. The highest BCUT2D eigenvalue weighted by molar-refractivity contribution is 7.07. The quantitative estimate of drug-likeness (QED) is 0.519. The van der Waals surface area contributed by atoms with Gasteiger partial charge in [0.1, 0.15) is 0 Å². The summed E-state index contributed by atoms with van der Waals surface area (Å²) in [5.74, 6) is 0.751. The number of thiazole rings is 1. The minimum atomic E-state index is -0.160. The normalized spacial score (nSPS) is 10.9. The molecule has 0 fully saturated rings. The van der Waals surface area contributed by atoms with Crippen LogP contribution in [0.15, 0.2) is 65.5 Å². The lowest BCUT2D eigenvalue weighted by molar-refractivity contribution is -0.602. The topological polar surface area (TPSA) is 64.9 Å². The van der Waals surface area contributed by atoms with Crippen LogP contribution in [0.25, 0.3) is 22.6 Å². The summed E-state index contributed by atoms with van der Waals surface area (Å²) in [6, 6.07) is 17.7. The Morgan fingerprint density at radius 2 is 1.96 bits per heavy atom. The summed E-state index contributed by atoms with van der Waals surface area (Å²) >= 11 is 1.52. The Morgan fingerprint density at radius 3 is 2.70 bits per heavy atom. The zero-order chi connectivity index (χ0) is 18.6. The van der Waals surface area contributed by atoms with Gasteiger partial charge < -0.3 is 4.90 Å². The minimum Gasteiger partial charge on any atom is -0.318 e. The zero-order valence-electron chi connectivity index (χ0n) is 14.9. The van der Waals surface area contributed by atoms with Crippen molar-refractivity contribution in [1.82, 2.24) is 14.9 Å². The second kappa shape index (κ2) is 7.59. The van der Waals surface area contributed by atoms with Gasteiger partial charge in [-0.15, -0.1) is 16.0 Å². The van der Waals surface area contributed by atoms with Gasteiger partial charge in [-0.3, -0.25) is 0 Å². The Kier molecular flexibility index (Phi) is 4.84. The van der Waals surface area contributed by atoms with Crippen LogP contribution < -0.4 is 10.1 Å². The molecule has 0 aliphatic rings. The van der Waals surface area contributed by atoms with Gasteiger partial charge in [-0.2, -0.15) is 5.43 Å². The van der Waals surface area contributed by atoms with Crippen LogP contribution in [0.2, 0.25) is 0 Å². The van der Waals surface area contributed by atoms with E-state index in [0.29, 0.717) is 13.1 Å². The van der Waals surface area contributed by atoms with Crippen LogP contribution in [0.1, 0.15) is 12.5 Å². The molecule has 0 saturated heterocycles. The van der Waals surface area contributed by atoms with Gasteiger partial charge >= 0.3 is 11.9 Å². The SMILES string of the molecule is CCN(Cc1ccccc1)C(=O)N[n+]1c(-c2cscn2)[nH]c2ccccc21. The van der Waals surface area contributed by atoms with Crippen molar-refractivity contribution in [2.75, 3.05) is 12.0 Å². The number of fused-ring (bicyclic) bond motifs is 1. The Labute approximate surface area is 161 Å². The second-order valence-corrected chi connectivity index (χ2v) is 6.84. The number of carbonyl (C=O) groups is 1. The Bertz CT molecular complexity index is 1040. The lowest BCUT2D eigenvalue weighted by Crippen LogP contribution is -2.53. The summed E-state index contributed by atoms with van der Waals surface area (Å²) in [4.78, 5) is 22.5. The predicted molar refractivity (Wildman–Crippen MR) is 107 cm³/mol. The molecule has 2 aromatic heterocycles. The molecule has 0 atom stereocenters. The van der Waals surface area contributed by atoms with E-state index < -0.39 is 0 Å². The maximum atomic E-state index is 13.0. The molecule has 2 aromatic carbocycles. The smallest absolute Gasteiger partial charge is 0.318 e. The van der Waals surface area contributed by atoms with E-state index in [-0.39, 0.29) is 6.03 Å². The number of aromatic amines is 1. The summed E-state index contributed by atoms with van der Waals surface area (Å²) in [5.41, 5.74) is 8.53. The van der Waals surface area contributed by atoms with E-state index in [1.165, 1.54) is 11.3 Å². The number of urea groups is 1. The van der Waals surface area contributed by atoms with Gasteiger partial charge in [0.05, 0.1) is 5.51 Å². The molecule has 0 unspecified atom stereocenters. The third kappa shape index (κ3) is 3.54. The van der Waals surface area contributed by atoms with Crippen LogP contribution in [0.5, 0.6) is 0 Å². The molecule has 0 spiro atoms. The highest BCUT2D eigenvalue weighted by atomic mass is 32.1. The first-order chi connectivity index (χ1) is 13.3. The molecule has 0 bridgehead atoms. The number of imidazole rings is 1. The van der Waals surface area contributed by atoms with Crippen LogP contribution in [-0.2, 0) is 6.54 Å². The summed E-state index contributed by atoms with van der Waals surface area (Å²) in [5, 5.41) is 1.95. The molecule has 0 radical (unpaired) electrons. The molecule has 0 saturated carbocycles. The van der Waals surface area contributed by atoms with E-state index in [1.54, 1.807) is 15.1 Å². The van der Waals surface area contributed by atoms with Crippen molar-refractivity contribution in [3.63, 3.8) is 0 Å². The Morgan fingerprint density at radius 1 is 1.19 bits per heavy atom. The van der Waals surface area contributed by atoms with Crippen molar-refractivity contribution in [3.05, 3.63) is 71.1 Å². The van der Waals surface area contributed by atoms with Gasteiger partial charge in [0, 0.05) is 18.5 Å². The lowest BCUT2D eigenvalue weighted by atomic mass is 10.2. The van der Waals surface area contributed by atoms with Crippen molar-refractivity contribution in [2.24, 2.45) is 0 Å². The summed E-state index contributed by atoms with van der Waals surface area (Å²) in [6.07, 6.45) is 0. The Balaban J connectivity index is 1.65. The van der Waals surface area contributed by atoms with E-state index >= 15 is 0 Å². The van der Waals surface area contributed by atoms with Gasteiger partial charge in [0.25, 0.3) is 0 Å². The predicted octanol–water partition coefficient (Wildman–Crippen LogP) is 3.76. The van der Waals surface area contributed by atoms with Crippen molar-refractivity contribution in [3.8, 4) is 11.5 Å². The fraction of sp³-hybridized carbons (Fsp3) is 0.150. The molecule has 6 nitrogen and oxygen atoms in total. The van der Waals surface area contributed by atoms with Crippen LogP contribution in [0.3, 0.4) is 0 Å². The van der Waals surface area contributed by atoms with Gasteiger partial charge in [-0.1, -0.05) is 42.5 Å². The van der Waals surface area contributed by atoms with Crippen molar-refractivity contribution >= 4 is 28.4 Å². The average Bonchev–Trinajstić information content (AvgIpc) is 3.35. The fourth-order valence-electron chi connectivity index (χ4n) is 3.00. The summed E-state index contributed by atoms with van der Waals surface area (Å²) in [7, 11) is 0. The maximum absolute atomic E-state index is 13.0. The third-order valence-corrected chi connectivity index (χ3v) is 4.98. The highest BCUT2D eigenvalue weighted by Crippen LogP contribution is 2.18. The van der Waals surface area contributed by atoms with Crippen molar-refractivity contribution in [2.45, 2.75) is 13.5 Å².